The molecular weight excluding hydrogens is 242 g/mol. The minimum Gasteiger partial charge on any atom is -0.306 e. The number of likely N-dealkylation sites (tertiary alicyclic amines) is 1. The molecule has 4 heteroatoms. The van der Waals surface area contributed by atoms with Gasteiger partial charge < -0.3 is 4.90 Å². The van der Waals surface area contributed by atoms with Gasteiger partial charge in [-0.3, -0.25) is 4.68 Å². The minimum absolute atomic E-state index is 0.578. The highest BCUT2D eigenvalue weighted by atomic mass is 79.9. The van der Waals surface area contributed by atoms with Gasteiger partial charge in [0.15, 0.2) is 0 Å². The number of aromatic nitrogens is 2. The van der Waals surface area contributed by atoms with E-state index < -0.39 is 0 Å². The Balaban J connectivity index is 2.11. The van der Waals surface area contributed by atoms with E-state index in [9.17, 15) is 0 Å². The molecule has 0 bridgehead atoms. The summed E-state index contributed by atoms with van der Waals surface area (Å²) in [5, 5.41) is 4.51. The lowest BCUT2D eigenvalue weighted by Crippen LogP contribution is -2.31. The van der Waals surface area contributed by atoms with Crippen molar-refractivity contribution in [2.75, 3.05) is 20.1 Å². The van der Waals surface area contributed by atoms with E-state index in [4.69, 9.17) is 0 Å². The van der Waals surface area contributed by atoms with Crippen LogP contribution in [0.1, 0.15) is 24.6 Å². The largest absolute Gasteiger partial charge is 0.306 e. The van der Waals surface area contributed by atoms with Crippen molar-refractivity contribution < 1.29 is 0 Å². The highest BCUT2D eigenvalue weighted by molar-refractivity contribution is 9.10. The molecule has 1 aliphatic heterocycles. The Morgan fingerprint density at radius 3 is 2.57 bits per heavy atom. The van der Waals surface area contributed by atoms with Crippen molar-refractivity contribution in [3.63, 3.8) is 0 Å². The number of hydrogen-bond acceptors (Lipinski definition) is 2. The number of aryl methyl sites for hydroxylation is 1. The lowest BCUT2D eigenvalue weighted by atomic mass is 10.1. The maximum atomic E-state index is 4.51. The van der Waals surface area contributed by atoms with Gasteiger partial charge in [-0.25, -0.2) is 0 Å². The van der Waals surface area contributed by atoms with E-state index in [2.05, 4.69) is 43.7 Å². The second-order valence-electron chi connectivity index (χ2n) is 4.09. The van der Waals surface area contributed by atoms with E-state index >= 15 is 0 Å². The Kier molecular flexibility index (Phi) is 2.93. The van der Waals surface area contributed by atoms with Crippen molar-refractivity contribution in [3.8, 4) is 0 Å². The number of nitrogens with zero attached hydrogens (tertiary/aromatic N) is 3. The summed E-state index contributed by atoms with van der Waals surface area (Å²) < 4.78 is 3.24. The Morgan fingerprint density at radius 2 is 2.07 bits per heavy atom. The topological polar surface area (TPSA) is 21.1 Å². The molecule has 1 fully saturated rings. The third kappa shape index (κ3) is 2.01. The number of piperidine rings is 1. The average molecular weight is 258 g/mol. The van der Waals surface area contributed by atoms with Crippen molar-refractivity contribution in [2.24, 2.45) is 0 Å². The third-order valence-electron chi connectivity index (χ3n) is 2.85. The van der Waals surface area contributed by atoms with Crippen LogP contribution in [0.25, 0.3) is 0 Å². The van der Waals surface area contributed by atoms with E-state index in [1.165, 1.54) is 25.9 Å². The molecule has 0 unspecified atom stereocenters. The molecule has 0 atom stereocenters. The molecule has 78 valence electrons. The molecule has 0 aromatic carbocycles. The molecule has 0 saturated carbocycles. The number of hydrogen-bond donors (Lipinski definition) is 0. The van der Waals surface area contributed by atoms with E-state index in [1.807, 2.05) is 6.92 Å². The predicted octanol–water partition coefficient (Wildman–Crippen LogP) is 2.22. The van der Waals surface area contributed by atoms with Gasteiger partial charge in [-0.05, 0) is 61.9 Å². The van der Waals surface area contributed by atoms with Gasteiger partial charge in [-0.1, -0.05) is 0 Å². The van der Waals surface area contributed by atoms with Gasteiger partial charge in [-0.15, -0.1) is 0 Å². The van der Waals surface area contributed by atoms with Crippen LogP contribution in [0.4, 0.5) is 0 Å². The standard InChI is InChI=1S/C10H16BrN3/c1-8-7-10(11)14(12-8)9-3-5-13(2)6-4-9/h7,9H,3-6H2,1-2H3. The van der Waals surface area contributed by atoms with Gasteiger partial charge in [0.25, 0.3) is 0 Å². The zero-order valence-corrected chi connectivity index (χ0v) is 10.3. The first-order valence-electron chi connectivity index (χ1n) is 5.07. The fourth-order valence-corrected chi connectivity index (χ4v) is 2.68. The Morgan fingerprint density at radius 1 is 1.43 bits per heavy atom. The smallest absolute Gasteiger partial charge is 0.104 e. The zero-order valence-electron chi connectivity index (χ0n) is 8.70. The fraction of sp³-hybridized carbons (Fsp3) is 0.700. The molecule has 3 nitrogen and oxygen atoms in total. The summed E-state index contributed by atoms with van der Waals surface area (Å²) in [6.07, 6.45) is 2.41. The summed E-state index contributed by atoms with van der Waals surface area (Å²) in [6.45, 7) is 4.39. The summed E-state index contributed by atoms with van der Waals surface area (Å²) in [5.41, 5.74) is 1.09. The molecule has 0 radical (unpaired) electrons. The fourth-order valence-electron chi connectivity index (χ4n) is 1.98. The lowest BCUT2D eigenvalue weighted by molar-refractivity contribution is 0.210. The molecular formula is C10H16BrN3. The van der Waals surface area contributed by atoms with E-state index in [-0.39, 0.29) is 0 Å². The predicted molar refractivity (Wildman–Crippen MR) is 60.4 cm³/mol. The van der Waals surface area contributed by atoms with Gasteiger partial charge in [0, 0.05) is 0 Å². The molecule has 1 aromatic heterocycles. The molecule has 1 saturated heterocycles. The van der Waals surface area contributed by atoms with Crippen LogP contribution >= 0.6 is 15.9 Å². The van der Waals surface area contributed by atoms with Crippen molar-refractivity contribution in [3.05, 3.63) is 16.4 Å². The summed E-state index contributed by atoms with van der Waals surface area (Å²) >= 11 is 3.55. The summed E-state index contributed by atoms with van der Waals surface area (Å²) in [5.74, 6) is 0. The van der Waals surface area contributed by atoms with Gasteiger partial charge in [0.2, 0.25) is 0 Å². The second-order valence-corrected chi connectivity index (χ2v) is 4.90. The Labute approximate surface area is 93.2 Å². The van der Waals surface area contributed by atoms with Crippen molar-refractivity contribution >= 4 is 15.9 Å². The molecule has 0 spiro atoms. The number of halogens is 1. The van der Waals surface area contributed by atoms with E-state index in [0.29, 0.717) is 6.04 Å². The van der Waals surface area contributed by atoms with Crippen LogP contribution in [0, 0.1) is 6.92 Å². The van der Waals surface area contributed by atoms with Crippen molar-refractivity contribution in [1.29, 1.82) is 0 Å². The SMILES string of the molecule is Cc1cc(Br)n(C2CCN(C)CC2)n1. The van der Waals surface area contributed by atoms with E-state index in [0.717, 1.165) is 10.3 Å². The van der Waals surface area contributed by atoms with E-state index in [1.54, 1.807) is 0 Å². The maximum Gasteiger partial charge on any atom is 0.104 e. The van der Waals surface area contributed by atoms with Crippen LogP contribution < -0.4 is 0 Å². The van der Waals surface area contributed by atoms with Gasteiger partial charge in [-0.2, -0.15) is 5.10 Å². The normalized spacial score (nSPS) is 20.2. The van der Waals surface area contributed by atoms with Crippen molar-refractivity contribution in [1.82, 2.24) is 14.7 Å². The Bertz CT molecular complexity index is 313. The third-order valence-corrected chi connectivity index (χ3v) is 3.44. The monoisotopic (exact) mass is 257 g/mol. The van der Waals surface area contributed by atoms with Crippen molar-refractivity contribution in [2.45, 2.75) is 25.8 Å². The highest BCUT2D eigenvalue weighted by Crippen LogP contribution is 2.25. The van der Waals surface area contributed by atoms with Gasteiger partial charge in [0.1, 0.15) is 4.60 Å². The molecule has 0 N–H and O–H groups in total. The zero-order chi connectivity index (χ0) is 10.1. The van der Waals surface area contributed by atoms with Crippen LogP contribution in [0.2, 0.25) is 0 Å². The molecule has 0 amide bonds. The molecule has 0 aliphatic carbocycles. The molecule has 2 heterocycles. The quantitative estimate of drug-likeness (QED) is 0.770. The number of rotatable bonds is 1. The summed E-state index contributed by atoms with van der Waals surface area (Å²) in [7, 11) is 2.18. The van der Waals surface area contributed by atoms with Gasteiger partial charge >= 0.3 is 0 Å². The first-order chi connectivity index (χ1) is 6.66. The van der Waals surface area contributed by atoms with Crippen LogP contribution in [0.5, 0.6) is 0 Å². The first kappa shape index (κ1) is 10.2. The van der Waals surface area contributed by atoms with Crippen LogP contribution in [-0.4, -0.2) is 34.8 Å². The second kappa shape index (κ2) is 4.03. The molecule has 1 aliphatic rings. The summed E-state index contributed by atoms with van der Waals surface area (Å²) in [4.78, 5) is 2.38. The lowest BCUT2D eigenvalue weighted by Gasteiger charge is -2.29. The van der Waals surface area contributed by atoms with Gasteiger partial charge in [0.05, 0.1) is 11.7 Å². The van der Waals surface area contributed by atoms with Crippen LogP contribution in [0.3, 0.4) is 0 Å². The Hall–Kier alpha value is -0.350. The minimum atomic E-state index is 0.578. The summed E-state index contributed by atoms with van der Waals surface area (Å²) in [6, 6.07) is 2.66. The first-order valence-corrected chi connectivity index (χ1v) is 5.86. The molecule has 2 rings (SSSR count). The average Bonchev–Trinajstić information content (AvgIpc) is 2.47. The molecule has 1 aromatic rings. The molecule has 14 heavy (non-hydrogen) atoms. The maximum absolute atomic E-state index is 4.51. The van der Waals surface area contributed by atoms with Crippen LogP contribution in [-0.2, 0) is 0 Å². The highest BCUT2D eigenvalue weighted by Gasteiger charge is 2.20. The van der Waals surface area contributed by atoms with Crippen LogP contribution in [0.15, 0.2) is 10.7 Å².